The lowest BCUT2D eigenvalue weighted by molar-refractivity contribution is 0.660. The van der Waals surface area contributed by atoms with Gasteiger partial charge in [0.25, 0.3) is 0 Å². The quantitative estimate of drug-likeness (QED) is 0.534. The topological polar surface area (TPSA) is 85.5 Å². The van der Waals surface area contributed by atoms with Crippen molar-refractivity contribution in [2.24, 2.45) is 0 Å². The van der Waals surface area contributed by atoms with Crippen LogP contribution in [0.25, 0.3) is 5.69 Å². The molecule has 140 valence electrons. The molecule has 2 aromatic heterocycles. The molecular formula is C19H24N8. The van der Waals surface area contributed by atoms with E-state index in [0.29, 0.717) is 11.9 Å². The van der Waals surface area contributed by atoms with Crippen LogP contribution in [0.2, 0.25) is 0 Å². The van der Waals surface area contributed by atoms with Gasteiger partial charge in [-0.05, 0) is 49.7 Å². The smallest absolute Gasteiger partial charge is 0.246 e. The largest absolute Gasteiger partial charge is 0.323 e. The summed E-state index contributed by atoms with van der Waals surface area (Å²) in [6.45, 7) is 4.84. The molecule has 4 aromatic rings. The molecule has 0 aliphatic carbocycles. The van der Waals surface area contributed by atoms with Crippen molar-refractivity contribution in [3.8, 4) is 5.69 Å². The molecule has 8 heteroatoms. The van der Waals surface area contributed by atoms with E-state index in [9.17, 15) is 0 Å². The summed E-state index contributed by atoms with van der Waals surface area (Å²) >= 11 is 0. The monoisotopic (exact) mass is 364 g/mol. The number of benzene rings is 2. The lowest BCUT2D eigenvalue weighted by Crippen LogP contribution is -1.99. The van der Waals surface area contributed by atoms with Gasteiger partial charge < -0.3 is 10.6 Å². The minimum absolute atomic E-state index is 0. The summed E-state index contributed by atoms with van der Waals surface area (Å²) < 4.78 is 3.51. The minimum atomic E-state index is 0. The van der Waals surface area contributed by atoms with Gasteiger partial charge in [-0.2, -0.15) is 4.98 Å². The fourth-order valence-corrected chi connectivity index (χ4v) is 2.72. The Morgan fingerprint density at radius 3 is 2.22 bits per heavy atom. The van der Waals surface area contributed by atoms with Crippen LogP contribution in [0.3, 0.4) is 0 Å². The molecule has 2 aromatic carbocycles. The molecule has 27 heavy (non-hydrogen) atoms. The lowest BCUT2D eigenvalue weighted by atomic mass is 10.2. The second kappa shape index (κ2) is 7.28. The fourth-order valence-electron chi connectivity index (χ4n) is 2.72. The number of aromatic nitrogens is 6. The molecule has 8 nitrogen and oxygen atoms in total. The SMILES string of the molecule is CCn1cnc(Nc2cc(C)cc(Nc3ncn(-c4ccccc4)n3)c2)n1.[HH].[HH]. The molecular weight excluding hydrogens is 340 g/mol. The van der Waals surface area contributed by atoms with Crippen molar-refractivity contribution >= 4 is 23.3 Å². The summed E-state index contributed by atoms with van der Waals surface area (Å²) in [6, 6.07) is 15.9. The predicted molar refractivity (Wildman–Crippen MR) is 109 cm³/mol. The zero-order chi connectivity index (χ0) is 18.6. The molecule has 0 aliphatic rings. The first-order valence-electron chi connectivity index (χ1n) is 8.72. The summed E-state index contributed by atoms with van der Waals surface area (Å²) in [6.07, 6.45) is 3.39. The number of hydrogen-bond donors (Lipinski definition) is 2. The first-order valence-corrected chi connectivity index (χ1v) is 8.72. The Labute approximate surface area is 159 Å². The third kappa shape index (κ3) is 3.95. The molecule has 0 bridgehead atoms. The average molecular weight is 364 g/mol. The lowest BCUT2D eigenvalue weighted by Gasteiger charge is -2.08. The summed E-state index contributed by atoms with van der Waals surface area (Å²) in [7, 11) is 0. The number of para-hydroxylation sites is 1. The van der Waals surface area contributed by atoms with Gasteiger partial charge >= 0.3 is 0 Å². The first-order chi connectivity index (χ1) is 13.2. The van der Waals surface area contributed by atoms with Crippen molar-refractivity contribution in [1.29, 1.82) is 0 Å². The maximum Gasteiger partial charge on any atom is 0.246 e. The van der Waals surface area contributed by atoms with Crippen LogP contribution in [0, 0.1) is 6.92 Å². The Morgan fingerprint density at radius 1 is 0.889 bits per heavy atom. The van der Waals surface area contributed by atoms with Crippen molar-refractivity contribution in [3.63, 3.8) is 0 Å². The van der Waals surface area contributed by atoms with E-state index in [1.807, 2.05) is 62.4 Å². The molecule has 4 rings (SSSR count). The van der Waals surface area contributed by atoms with Crippen LogP contribution < -0.4 is 10.6 Å². The molecule has 2 heterocycles. The second-order valence-corrected chi connectivity index (χ2v) is 6.11. The van der Waals surface area contributed by atoms with E-state index >= 15 is 0 Å². The number of nitrogens with zero attached hydrogens (tertiary/aromatic N) is 6. The highest BCUT2D eigenvalue weighted by atomic mass is 15.4. The third-order valence-electron chi connectivity index (χ3n) is 3.96. The van der Waals surface area contributed by atoms with E-state index < -0.39 is 0 Å². The van der Waals surface area contributed by atoms with Crippen LogP contribution in [0.4, 0.5) is 23.3 Å². The van der Waals surface area contributed by atoms with Gasteiger partial charge in [-0.3, -0.25) is 4.68 Å². The Balaban J connectivity index is 0.00000150. The van der Waals surface area contributed by atoms with Gasteiger partial charge in [0.15, 0.2) is 0 Å². The fraction of sp³-hybridized carbons (Fsp3) is 0.158. The highest BCUT2D eigenvalue weighted by molar-refractivity contribution is 5.65. The Morgan fingerprint density at radius 2 is 1.56 bits per heavy atom. The van der Waals surface area contributed by atoms with Crippen molar-refractivity contribution in [1.82, 2.24) is 29.5 Å². The summed E-state index contributed by atoms with van der Waals surface area (Å²) in [5, 5.41) is 15.3. The molecule has 2 N–H and O–H groups in total. The standard InChI is InChI=1S/C19H20N8.2H2/c1-3-26-12-20-18(24-26)22-15-9-14(2)10-16(11-15)23-19-21-13-27(25-19)17-7-5-4-6-8-17;;/h4-13H,3H2,1-2H3,(H,22,24)(H,23,25);2*1H. The summed E-state index contributed by atoms with van der Waals surface area (Å²) in [5.74, 6) is 1.10. The van der Waals surface area contributed by atoms with Gasteiger partial charge in [-0.1, -0.05) is 18.2 Å². The van der Waals surface area contributed by atoms with Crippen LogP contribution in [0.15, 0.2) is 61.2 Å². The van der Waals surface area contributed by atoms with Crippen molar-refractivity contribution < 1.29 is 2.85 Å². The number of anilines is 4. The van der Waals surface area contributed by atoms with E-state index in [1.54, 1.807) is 22.0 Å². The molecule has 0 unspecified atom stereocenters. The van der Waals surface area contributed by atoms with Crippen LogP contribution in [-0.4, -0.2) is 29.5 Å². The Hall–Kier alpha value is -3.68. The highest BCUT2D eigenvalue weighted by Crippen LogP contribution is 2.23. The van der Waals surface area contributed by atoms with Crippen LogP contribution in [0.5, 0.6) is 0 Å². The highest BCUT2D eigenvalue weighted by Gasteiger charge is 2.06. The summed E-state index contributed by atoms with van der Waals surface area (Å²) in [4.78, 5) is 8.59. The average Bonchev–Trinajstić information content (AvgIpc) is 3.31. The van der Waals surface area contributed by atoms with Crippen molar-refractivity contribution in [2.75, 3.05) is 10.6 Å². The van der Waals surface area contributed by atoms with Crippen LogP contribution in [0.1, 0.15) is 15.3 Å². The number of aryl methyl sites for hydroxylation is 2. The van der Waals surface area contributed by atoms with Gasteiger partial charge in [0.2, 0.25) is 11.9 Å². The van der Waals surface area contributed by atoms with E-state index in [2.05, 4.69) is 30.8 Å². The molecule has 0 saturated heterocycles. The normalized spacial score (nSPS) is 10.7. The van der Waals surface area contributed by atoms with E-state index in [0.717, 1.165) is 29.2 Å². The maximum absolute atomic E-state index is 4.48. The van der Waals surface area contributed by atoms with E-state index in [-0.39, 0.29) is 2.85 Å². The molecule has 0 amide bonds. The second-order valence-electron chi connectivity index (χ2n) is 6.11. The molecule has 0 radical (unpaired) electrons. The number of rotatable bonds is 6. The van der Waals surface area contributed by atoms with Gasteiger partial charge in [0, 0.05) is 20.8 Å². The zero-order valence-electron chi connectivity index (χ0n) is 15.2. The van der Waals surface area contributed by atoms with Crippen LogP contribution >= 0.6 is 0 Å². The van der Waals surface area contributed by atoms with Gasteiger partial charge in [0.05, 0.1) is 5.69 Å². The van der Waals surface area contributed by atoms with Crippen LogP contribution in [-0.2, 0) is 6.54 Å². The van der Waals surface area contributed by atoms with Crippen molar-refractivity contribution in [2.45, 2.75) is 20.4 Å². The van der Waals surface area contributed by atoms with Gasteiger partial charge in [-0.25, -0.2) is 9.67 Å². The molecule has 0 aliphatic heterocycles. The Kier molecular flexibility index (Phi) is 4.52. The van der Waals surface area contributed by atoms with E-state index in [4.69, 9.17) is 0 Å². The zero-order valence-corrected chi connectivity index (χ0v) is 15.2. The molecule has 0 spiro atoms. The third-order valence-corrected chi connectivity index (χ3v) is 3.96. The predicted octanol–water partition coefficient (Wildman–Crippen LogP) is 4.17. The van der Waals surface area contributed by atoms with E-state index in [1.165, 1.54) is 0 Å². The molecule has 0 atom stereocenters. The van der Waals surface area contributed by atoms with Gasteiger partial charge in [0.1, 0.15) is 12.7 Å². The van der Waals surface area contributed by atoms with Gasteiger partial charge in [-0.15, -0.1) is 10.2 Å². The summed E-state index contributed by atoms with van der Waals surface area (Å²) in [5.41, 5.74) is 3.84. The number of hydrogen-bond acceptors (Lipinski definition) is 6. The molecule has 0 fully saturated rings. The maximum atomic E-state index is 4.48. The minimum Gasteiger partial charge on any atom is -0.323 e. The van der Waals surface area contributed by atoms with Crippen molar-refractivity contribution in [3.05, 3.63) is 66.7 Å². The first kappa shape index (κ1) is 16.8. The molecule has 0 saturated carbocycles. The number of nitrogens with one attached hydrogen (secondary N) is 2. The Bertz CT molecular complexity index is 1050.